The van der Waals surface area contributed by atoms with E-state index in [1.54, 1.807) is 12.1 Å². The van der Waals surface area contributed by atoms with Crippen molar-refractivity contribution in [3.8, 4) is 0 Å². The molecular formula is C24H23FNO3-. The minimum Gasteiger partial charge on any atom is -0.530 e. The van der Waals surface area contributed by atoms with Crippen molar-refractivity contribution in [2.45, 2.75) is 25.6 Å². The van der Waals surface area contributed by atoms with Crippen LogP contribution in [0.15, 0.2) is 66.7 Å². The molecule has 150 valence electrons. The number of halogens is 1. The van der Waals surface area contributed by atoms with E-state index in [-0.39, 0.29) is 30.3 Å². The Balaban J connectivity index is 1.57. The first-order valence-corrected chi connectivity index (χ1v) is 9.82. The summed E-state index contributed by atoms with van der Waals surface area (Å²) in [5, 5.41) is 13.8. The topological polar surface area (TPSA) is 52.6 Å². The molecular weight excluding hydrogens is 369 g/mol. The Labute approximate surface area is 169 Å². The number of likely N-dealkylation sites (tertiary alicyclic amines) is 1. The fourth-order valence-electron chi connectivity index (χ4n) is 4.30. The normalized spacial score (nSPS) is 22.0. The van der Waals surface area contributed by atoms with Crippen molar-refractivity contribution >= 4 is 16.9 Å². The molecule has 1 amide bonds. The lowest BCUT2D eigenvalue weighted by atomic mass is 9.79. The van der Waals surface area contributed by atoms with Gasteiger partial charge in [-0.3, -0.25) is 0 Å². The van der Waals surface area contributed by atoms with Crippen LogP contribution in [0.25, 0.3) is 10.8 Å². The maximum atomic E-state index is 13.4. The number of benzene rings is 3. The highest BCUT2D eigenvalue weighted by molar-refractivity contribution is 5.82. The summed E-state index contributed by atoms with van der Waals surface area (Å²) in [5.41, 5.74) is 1.99. The number of hydrogen-bond acceptors (Lipinski definition) is 3. The third-order valence-electron chi connectivity index (χ3n) is 5.71. The average molecular weight is 392 g/mol. The summed E-state index contributed by atoms with van der Waals surface area (Å²) in [6.07, 6.45) is -1.53. The van der Waals surface area contributed by atoms with Crippen molar-refractivity contribution in [2.75, 3.05) is 13.1 Å². The van der Waals surface area contributed by atoms with Crippen LogP contribution in [-0.4, -0.2) is 30.2 Å². The second-order valence-electron chi connectivity index (χ2n) is 7.76. The van der Waals surface area contributed by atoms with E-state index in [2.05, 4.69) is 24.3 Å². The molecule has 0 N–H and O–H groups in total. The Kier molecular flexibility index (Phi) is 5.49. The van der Waals surface area contributed by atoms with E-state index in [1.165, 1.54) is 17.0 Å². The predicted molar refractivity (Wildman–Crippen MR) is 108 cm³/mol. The standard InChI is InChI=1S/C24H24FNO3/c1-16-13-26(24(27)28)14-22(23(16)19-8-10-21(25)11-9-19)29-15-17-6-7-18-4-2-3-5-20(18)12-17/h2-12,16,22-23H,13-15H2,1H3,(H,27,28)/p-1. The number of carbonyl (C=O) groups excluding carboxylic acids is 1. The van der Waals surface area contributed by atoms with Crippen LogP contribution in [-0.2, 0) is 11.3 Å². The van der Waals surface area contributed by atoms with Gasteiger partial charge in [-0.25, -0.2) is 4.39 Å². The summed E-state index contributed by atoms with van der Waals surface area (Å²) in [6.45, 7) is 2.98. The first-order chi connectivity index (χ1) is 14.0. The molecule has 0 saturated carbocycles. The monoisotopic (exact) mass is 392 g/mol. The Morgan fingerprint density at radius 1 is 1.07 bits per heavy atom. The highest BCUT2D eigenvalue weighted by Crippen LogP contribution is 2.35. The maximum Gasteiger partial charge on any atom is 0.137 e. The molecule has 4 rings (SSSR count). The molecule has 3 unspecified atom stereocenters. The Morgan fingerprint density at radius 3 is 2.52 bits per heavy atom. The van der Waals surface area contributed by atoms with Gasteiger partial charge < -0.3 is 19.5 Å². The minimum absolute atomic E-state index is 0.0216. The van der Waals surface area contributed by atoms with Crippen LogP contribution in [0.1, 0.15) is 24.0 Å². The molecule has 0 radical (unpaired) electrons. The van der Waals surface area contributed by atoms with Crippen molar-refractivity contribution in [1.29, 1.82) is 0 Å². The summed E-state index contributed by atoms with van der Waals surface area (Å²) in [5.74, 6) is -0.289. The molecule has 1 heterocycles. The number of nitrogens with zero attached hydrogens (tertiary/aromatic N) is 1. The minimum atomic E-state index is -1.19. The molecule has 4 nitrogen and oxygen atoms in total. The smallest absolute Gasteiger partial charge is 0.137 e. The zero-order valence-corrected chi connectivity index (χ0v) is 16.3. The van der Waals surface area contributed by atoms with Gasteiger partial charge in [0, 0.05) is 19.0 Å². The van der Waals surface area contributed by atoms with Gasteiger partial charge in [-0.1, -0.05) is 55.5 Å². The SMILES string of the molecule is CC1CN(C(=O)[O-])CC(OCc2ccc3ccccc3c2)C1c1ccc(F)cc1. The lowest BCUT2D eigenvalue weighted by molar-refractivity contribution is -0.269. The predicted octanol–water partition coefficient (Wildman–Crippen LogP) is 3.94. The Morgan fingerprint density at radius 2 is 1.79 bits per heavy atom. The van der Waals surface area contributed by atoms with E-state index in [4.69, 9.17) is 4.74 Å². The number of hydrogen-bond donors (Lipinski definition) is 0. The molecule has 3 atom stereocenters. The molecule has 3 aromatic carbocycles. The third-order valence-corrected chi connectivity index (χ3v) is 5.71. The molecule has 0 spiro atoms. The van der Waals surface area contributed by atoms with E-state index in [0.717, 1.165) is 21.9 Å². The van der Waals surface area contributed by atoms with E-state index >= 15 is 0 Å². The van der Waals surface area contributed by atoms with Gasteiger partial charge in [-0.2, -0.15) is 0 Å². The Hall–Kier alpha value is -2.92. The first-order valence-electron chi connectivity index (χ1n) is 9.82. The first kappa shape index (κ1) is 19.4. The fraction of sp³-hybridized carbons (Fsp3) is 0.292. The number of fused-ring (bicyclic) bond motifs is 1. The van der Waals surface area contributed by atoms with E-state index < -0.39 is 6.09 Å². The van der Waals surface area contributed by atoms with Crippen LogP contribution in [0.5, 0.6) is 0 Å². The second-order valence-corrected chi connectivity index (χ2v) is 7.76. The van der Waals surface area contributed by atoms with Gasteiger partial charge in [0.25, 0.3) is 0 Å². The summed E-state index contributed by atoms with van der Waals surface area (Å²) >= 11 is 0. The van der Waals surface area contributed by atoms with Crippen LogP contribution in [0.3, 0.4) is 0 Å². The highest BCUT2D eigenvalue weighted by atomic mass is 19.1. The molecule has 0 aromatic heterocycles. The average Bonchev–Trinajstić information content (AvgIpc) is 2.72. The molecule has 1 saturated heterocycles. The van der Waals surface area contributed by atoms with Crippen LogP contribution in [0.2, 0.25) is 0 Å². The van der Waals surface area contributed by atoms with Crippen molar-refractivity contribution in [2.24, 2.45) is 5.92 Å². The number of piperidine rings is 1. The molecule has 3 aromatic rings. The number of carboxylic acid groups (broad SMARTS) is 1. The second kappa shape index (κ2) is 8.21. The van der Waals surface area contributed by atoms with Crippen molar-refractivity contribution in [1.82, 2.24) is 4.90 Å². The van der Waals surface area contributed by atoms with Crippen molar-refractivity contribution < 1.29 is 19.0 Å². The molecule has 1 aliphatic heterocycles. The number of amides is 1. The summed E-state index contributed by atoms with van der Waals surface area (Å²) < 4.78 is 19.6. The van der Waals surface area contributed by atoms with E-state index in [0.29, 0.717) is 13.2 Å². The molecule has 5 heteroatoms. The molecule has 1 aliphatic rings. The zero-order chi connectivity index (χ0) is 20.4. The maximum absolute atomic E-state index is 13.4. The van der Waals surface area contributed by atoms with Gasteiger partial charge in [0.1, 0.15) is 11.9 Å². The number of carbonyl (C=O) groups is 1. The van der Waals surface area contributed by atoms with Crippen LogP contribution >= 0.6 is 0 Å². The lowest BCUT2D eigenvalue weighted by Gasteiger charge is -2.43. The van der Waals surface area contributed by atoms with Crippen LogP contribution in [0.4, 0.5) is 9.18 Å². The van der Waals surface area contributed by atoms with E-state index in [9.17, 15) is 14.3 Å². The Bertz CT molecular complexity index is 1000. The van der Waals surface area contributed by atoms with Gasteiger partial charge in [0.05, 0.1) is 12.7 Å². The summed E-state index contributed by atoms with van der Waals surface area (Å²) in [6, 6.07) is 20.7. The number of rotatable bonds is 4. The summed E-state index contributed by atoms with van der Waals surface area (Å²) in [7, 11) is 0. The van der Waals surface area contributed by atoms with Gasteiger partial charge in [0.15, 0.2) is 0 Å². The van der Waals surface area contributed by atoms with Crippen LogP contribution in [0, 0.1) is 11.7 Å². The zero-order valence-electron chi connectivity index (χ0n) is 16.3. The molecule has 0 aliphatic carbocycles. The quantitative estimate of drug-likeness (QED) is 0.676. The lowest BCUT2D eigenvalue weighted by Crippen LogP contribution is -2.54. The fourth-order valence-corrected chi connectivity index (χ4v) is 4.30. The van der Waals surface area contributed by atoms with Gasteiger partial charge >= 0.3 is 0 Å². The van der Waals surface area contributed by atoms with E-state index in [1.807, 2.05) is 25.1 Å². The van der Waals surface area contributed by atoms with Crippen molar-refractivity contribution in [3.05, 3.63) is 83.7 Å². The molecule has 0 bridgehead atoms. The van der Waals surface area contributed by atoms with Crippen molar-refractivity contribution in [3.63, 3.8) is 0 Å². The third kappa shape index (κ3) is 4.25. The largest absolute Gasteiger partial charge is 0.530 e. The summed E-state index contributed by atoms with van der Waals surface area (Å²) in [4.78, 5) is 12.8. The number of ether oxygens (including phenoxy) is 1. The van der Waals surface area contributed by atoms with Gasteiger partial charge in [0.2, 0.25) is 0 Å². The van der Waals surface area contributed by atoms with Gasteiger partial charge in [-0.05, 0) is 46.0 Å². The molecule has 29 heavy (non-hydrogen) atoms. The van der Waals surface area contributed by atoms with Gasteiger partial charge in [-0.15, -0.1) is 0 Å². The highest BCUT2D eigenvalue weighted by Gasteiger charge is 2.36. The van der Waals surface area contributed by atoms with Crippen LogP contribution < -0.4 is 5.11 Å². The molecule has 1 fully saturated rings.